The Kier molecular flexibility index (Phi) is 4.94. The molecule has 0 bridgehead atoms. The molecule has 4 aromatic rings. The summed E-state index contributed by atoms with van der Waals surface area (Å²) in [6, 6.07) is 25.4. The van der Waals surface area contributed by atoms with Gasteiger partial charge in [0.05, 0.1) is 17.4 Å². The number of hydrogen-bond acceptors (Lipinski definition) is 2. The molecule has 0 saturated heterocycles. The molecule has 4 heteroatoms. The maximum Gasteiger partial charge on any atom is 0.331 e. The number of aromatic nitrogens is 2. The quantitative estimate of drug-likeness (QED) is 0.537. The van der Waals surface area contributed by atoms with Crippen molar-refractivity contribution in [2.24, 2.45) is 0 Å². The monoisotopic (exact) mass is 370 g/mol. The molecule has 3 aromatic carbocycles. The molecule has 28 heavy (non-hydrogen) atoms. The van der Waals surface area contributed by atoms with Crippen molar-refractivity contribution in [3.63, 3.8) is 0 Å². The van der Waals surface area contributed by atoms with Crippen molar-refractivity contribution in [2.45, 2.75) is 26.4 Å². The third-order valence-corrected chi connectivity index (χ3v) is 5.06. The molecule has 0 N–H and O–H groups in total. The van der Waals surface area contributed by atoms with Gasteiger partial charge < -0.3 is 0 Å². The van der Waals surface area contributed by atoms with Gasteiger partial charge in [0, 0.05) is 6.54 Å². The minimum atomic E-state index is -0.264. The summed E-state index contributed by atoms with van der Waals surface area (Å²) in [5.41, 5.74) is 3.50. The van der Waals surface area contributed by atoms with Crippen molar-refractivity contribution in [1.29, 1.82) is 0 Å². The largest absolute Gasteiger partial charge is 0.331 e. The molecule has 0 atom stereocenters. The lowest BCUT2D eigenvalue weighted by Crippen LogP contribution is -2.40. The molecule has 0 aliphatic carbocycles. The number of aryl methyl sites for hydroxylation is 2. The van der Waals surface area contributed by atoms with Crippen LogP contribution >= 0.6 is 0 Å². The molecule has 0 saturated carbocycles. The van der Waals surface area contributed by atoms with E-state index in [0.717, 1.165) is 11.1 Å². The molecule has 4 nitrogen and oxygen atoms in total. The minimum Gasteiger partial charge on any atom is -0.289 e. The Morgan fingerprint density at radius 2 is 1.39 bits per heavy atom. The standard InChI is InChI=1S/C24H22N2O2/c1-18-11-13-20(14-12-18)17-26-22-10-6-5-9-21(22)23(27)25(24(26)28)16-15-19-7-3-2-4-8-19/h2-14H,15-17H2,1H3. The average Bonchev–Trinajstić information content (AvgIpc) is 2.73. The summed E-state index contributed by atoms with van der Waals surface area (Å²) in [6.07, 6.45) is 0.638. The van der Waals surface area contributed by atoms with Crippen LogP contribution in [0.15, 0.2) is 88.5 Å². The summed E-state index contributed by atoms with van der Waals surface area (Å²) >= 11 is 0. The fourth-order valence-electron chi connectivity index (χ4n) is 3.48. The Hall–Kier alpha value is -3.40. The van der Waals surface area contributed by atoms with Gasteiger partial charge in [0.15, 0.2) is 0 Å². The Bertz CT molecular complexity index is 1220. The van der Waals surface area contributed by atoms with E-state index >= 15 is 0 Å². The lowest BCUT2D eigenvalue weighted by molar-refractivity contribution is 0.590. The Morgan fingerprint density at radius 3 is 2.14 bits per heavy atom. The summed E-state index contributed by atoms with van der Waals surface area (Å²) in [6.45, 7) is 2.83. The molecule has 0 amide bonds. The summed E-state index contributed by atoms with van der Waals surface area (Å²) in [4.78, 5) is 26.2. The first-order valence-electron chi connectivity index (χ1n) is 9.45. The number of nitrogens with zero attached hydrogens (tertiary/aromatic N) is 2. The molecule has 0 unspecified atom stereocenters. The van der Waals surface area contributed by atoms with Gasteiger partial charge >= 0.3 is 5.69 Å². The predicted molar refractivity (Wildman–Crippen MR) is 113 cm³/mol. The predicted octanol–water partition coefficient (Wildman–Crippen LogP) is 3.76. The van der Waals surface area contributed by atoms with E-state index < -0.39 is 0 Å². The first-order chi connectivity index (χ1) is 13.6. The summed E-state index contributed by atoms with van der Waals surface area (Å²) < 4.78 is 3.07. The second-order valence-electron chi connectivity index (χ2n) is 7.06. The zero-order valence-corrected chi connectivity index (χ0v) is 15.8. The molecule has 0 radical (unpaired) electrons. The van der Waals surface area contributed by atoms with Crippen molar-refractivity contribution in [2.75, 3.05) is 0 Å². The third-order valence-electron chi connectivity index (χ3n) is 5.06. The molecule has 0 fully saturated rings. The van der Waals surface area contributed by atoms with Crippen LogP contribution in [0, 0.1) is 6.92 Å². The van der Waals surface area contributed by atoms with Crippen LogP contribution in [-0.4, -0.2) is 9.13 Å². The van der Waals surface area contributed by atoms with Crippen molar-refractivity contribution >= 4 is 10.9 Å². The summed E-state index contributed by atoms with van der Waals surface area (Å²) in [5, 5.41) is 0.572. The van der Waals surface area contributed by atoms with Crippen LogP contribution in [-0.2, 0) is 19.5 Å². The number of para-hydroxylation sites is 1. The summed E-state index contributed by atoms with van der Waals surface area (Å²) in [5.74, 6) is 0. The van der Waals surface area contributed by atoms with Crippen LogP contribution in [0.4, 0.5) is 0 Å². The van der Waals surface area contributed by atoms with E-state index in [4.69, 9.17) is 0 Å². The number of fused-ring (bicyclic) bond motifs is 1. The summed E-state index contributed by atoms with van der Waals surface area (Å²) in [7, 11) is 0. The fourth-order valence-corrected chi connectivity index (χ4v) is 3.48. The first kappa shape index (κ1) is 18.0. The topological polar surface area (TPSA) is 44.0 Å². The highest BCUT2D eigenvalue weighted by atomic mass is 16.2. The van der Waals surface area contributed by atoms with E-state index in [9.17, 15) is 9.59 Å². The second-order valence-corrected chi connectivity index (χ2v) is 7.06. The SMILES string of the molecule is Cc1ccc(Cn2c(=O)n(CCc3ccccc3)c(=O)c3ccccc32)cc1. The molecule has 0 aliphatic heterocycles. The van der Waals surface area contributed by atoms with Crippen LogP contribution in [0.3, 0.4) is 0 Å². The molecular formula is C24H22N2O2. The van der Waals surface area contributed by atoms with Gasteiger partial charge in [0.1, 0.15) is 0 Å². The van der Waals surface area contributed by atoms with Gasteiger partial charge in [0.2, 0.25) is 0 Å². The van der Waals surface area contributed by atoms with E-state index in [0.29, 0.717) is 30.4 Å². The number of hydrogen-bond donors (Lipinski definition) is 0. The first-order valence-corrected chi connectivity index (χ1v) is 9.45. The molecule has 140 valence electrons. The van der Waals surface area contributed by atoms with E-state index in [-0.39, 0.29) is 11.2 Å². The Balaban J connectivity index is 1.80. The Labute approximate surface area is 163 Å². The van der Waals surface area contributed by atoms with Gasteiger partial charge in [-0.15, -0.1) is 0 Å². The zero-order valence-electron chi connectivity index (χ0n) is 15.8. The highest BCUT2D eigenvalue weighted by molar-refractivity contribution is 5.77. The van der Waals surface area contributed by atoms with E-state index in [1.54, 1.807) is 10.6 Å². The molecular weight excluding hydrogens is 348 g/mol. The van der Waals surface area contributed by atoms with Crippen LogP contribution in [0.2, 0.25) is 0 Å². The van der Waals surface area contributed by atoms with Crippen LogP contribution in [0.5, 0.6) is 0 Å². The van der Waals surface area contributed by atoms with Crippen LogP contribution < -0.4 is 11.2 Å². The van der Waals surface area contributed by atoms with Gasteiger partial charge in [-0.3, -0.25) is 13.9 Å². The van der Waals surface area contributed by atoms with Crippen molar-refractivity contribution < 1.29 is 0 Å². The van der Waals surface area contributed by atoms with Crippen molar-refractivity contribution in [3.05, 3.63) is 116 Å². The lowest BCUT2D eigenvalue weighted by Gasteiger charge is -2.14. The third kappa shape index (κ3) is 3.54. The highest BCUT2D eigenvalue weighted by Gasteiger charge is 2.13. The normalized spacial score (nSPS) is 11.0. The zero-order chi connectivity index (χ0) is 19.5. The number of benzene rings is 3. The fraction of sp³-hybridized carbons (Fsp3) is 0.167. The van der Waals surface area contributed by atoms with E-state index in [1.807, 2.05) is 79.7 Å². The maximum absolute atomic E-state index is 13.2. The Morgan fingerprint density at radius 1 is 0.714 bits per heavy atom. The highest BCUT2D eigenvalue weighted by Crippen LogP contribution is 2.11. The average molecular weight is 370 g/mol. The molecule has 0 aliphatic rings. The number of rotatable bonds is 5. The lowest BCUT2D eigenvalue weighted by atomic mass is 10.1. The van der Waals surface area contributed by atoms with Crippen molar-refractivity contribution in [1.82, 2.24) is 9.13 Å². The molecule has 1 heterocycles. The van der Waals surface area contributed by atoms with E-state index in [2.05, 4.69) is 0 Å². The van der Waals surface area contributed by atoms with Gasteiger partial charge in [-0.1, -0.05) is 72.3 Å². The molecule has 4 rings (SSSR count). The minimum absolute atomic E-state index is 0.225. The van der Waals surface area contributed by atoms with Gasteiger partial charge in [-0.05, 0) is 36.6 Å². The molecule has 0 spiro atoms. The van der Waals surface area contributed by atoms with Crippen LogP contribution in [0.1, 0.15) is 16.7 Å². The second kappa shape index (κ2) is 7.69. The van der Waals surface area contributed by atoms with E-state index in [1.165, 1.54) is 10.1 Å². The maximum atomic E-state index is 13.2. The van der Waals surface area contributed by atoms with Crippen molar-refractivity contribution in [3.8, 4) is 0 Å². The van der Waals surface area contributed by atoms with Gasteiger partial charge in [-0.2, -0.15) is 0 Å². The van der Waals surface area contributed by atoms with Gasteiger partial charge in [-0.25, -0.2) is 4.79 Å². The molecule has 1 aromatic heterocycles. The van der Waals surface area contributed by atoms with Crippen LogP contribution in [0.25, 0.3) is 10.9 Å². The smallest absolute Gasteiger partial charge is 0.289 e. The van der Waals surface area contributed by atoms with Gasteiger partial charge in [0.25, 0.3) is 5.56 Å².